The third-order valence-electron chi connectivity index (χ3n) is 8.75. The first-order chi connectivity index (χ1) is 18.3. The SMILES string of the molecule is C=C1[C@@H]2[C@H](C(=CC)C(=O)[C@@H]2OC(=O)[C@@H](C)CC)[C@@H]([C@@]2(C)CO2)[C@H](OC(=O)/C=C(/C)CC)[C@@H]1OC(=O)[C@@H](C)CC. The lowest BCUT2D eigenvalue weighted by molar-refractivity contribution is -0.180. The Bertz CT molecular complexity index is 1060. The van der Waals surface area contributed by atoms with Crippen molar-refractivity contribution in [2.24, 2.45) is 29.6 Å². The van der Waals surface area contributed by atoms with Crippen LogP contribution in [0.5, 0.6) is 0 Å². The minimum absolute atomic E-state index is 0.305. The van der Waals surface area contributed by atoms with Crippen LogP contribution >= 0.6 is 0 Å². The van der Waals surface area contributed by atoms with E-state index in [1.807, 2.05) is 34.6 Å². The van der Waals surface area contributed by atoms with Gasteiger partial charge in [0, 0.05) is 23.8 Å². The molecule has 1 heterocycles. The van der Waals surface area contributed by atoms with Crippen molar-refractivity contribution in [3.8, 4) is 0 Å². The molecule has 0 spiro atoms. The Hall–Kier alpha value is -2.74. The van der Waals surface area contributed by atoms with Crippen LogP contribution < -0.4 is 0 Å². The van der Waals surface area contributed by atoms with Gasteiger partial charge in [-0.2, -0.15) is 0 Å². The summed E-state index contributed by atoms with van der Waals surface area (Å²) in [6.07, 6.45) is 1.88. The van der Waals surface area contributed by atoms with Crippen LogP contribution in [0.15, 0.2) is 35.5 Å². The van der Waals surface area contributed by atoms with E-state index in [0.717, 1.165) is 5.57 Å². The van der Waals surface area contributed by atoms with Crippen LogP contribution in [0, 0.1) is 29.6 Å². The zero-order chi connectivity index (χ0) is 29.2. The smallest absolute Gasteiger partial charge is 0.331 e. The number of hydrogen-bond donors (Lipinski definition) is 0. The summed E-state index contributed by atoms with van der Waals surface area (Å²) < 4.78 is 23.8. The average Bonchev–Trinajstić information content (AvgIpc) is 3.59. The first-order valence-electron chi connectivity index (χ1n) is 14.2. The average molecular weight is 545 g/mol. The van der Waals surface area contributed by atoms with Crippen LogP contribution in [0.2, 0.25) is 0 Å². The Morgan fingerprint density at radius 1 is 1.03 bits per heavy atom. The number of ketones is 1. The third-order valence-corrected chi connectivity index (χ3v) is 8.75. The van der Waals surface area contributed by atoms with Gasteiger partial charge in [-0.15, -0.1) is 0 Å². The topological polar surface area (TPSA) is 109 Å². The third kappa shape index (κ3) is 6.06. The van der Waals surface area contributed by atoms with Gasteiger partial charge in [-0.3, -0.25) is 14.4 Å². The molecule has 0 amide bonds. The number of rotatable bonds is 10. The second kappa shape index (κ2) is 12.2. The lowest BCUT2D eigenvalue weighted by Gasteiger charge is -2.47. The largest absolute Gasteiger partial charge is 0.454 e. The van der Waals surface area contributed by atoms with Gasteiger partial charge in [-0.05, 0) is 51.2 Å². The molecule has 2 saturated carbocycles. The van der Waals surface area contributed by atoms with Crippen molar-refractivity contribution in [3.63, 3.8) is 0 Å². The Balaban J connectivity index is 2.14. The van der Waals surface area contributed by atoms with Crippen LogP contribution in [-0.2, 0) is 38.1 Å². The first-order valence-corrected chi connectivity index (χ1v) is 14.2. The number of Topliss-reactive ketones (excluding diaryl/α,β-unsaturated/α-hetero) is 1. The Morgan fingerprint density at radius 2 is 1.56 bits per heavy atom. The fraction of sp³-hybridized carbons (Fsp3) is 0.677. The van der Waals surface area contributed by atoms with Crippen LogP contribution in [0.4, 0.5) is 0 Å². The summed E-state index contributed by atoms with van der Waals surface area (Å²) in [5.41, 5.74) is 0.993. The number of carbonyl (C=O) groups is 4. The molecule has 3 rings (SSSR count). The molecule has 8 nitrogen and oxygen atoms in total. The Kier molecular flexibility index (Phi) is 9.63. The quantitative estimate of drug-likeness (QED) is 0.126. The van der Waals surface area contributed by atoms with Gasteiger partial charge in [0.25, 0.3) is 0 Å². The number of hydrogen-bond acceptors (Lipinski definition) is 8. The summed E-state index contributed by atoms with van der Waals surface area (Å²) in [4.78, 5) is 52.7. The van der Waals surface area contributed by atoms with Crippen molar-refractivity contribution in [1.82, 2.24) is 0 Å². The highest BCUT2D eigenvalue weighted by Crippen LogP contribution is 2.58. The summed E-state index contributed by atoms with van der Waals surface area (Å²) in [6.45, 7) is 19.4. The molecule has 0 aromatic heterocycles. The minimum atomic E-state index is -1.11. The fourth-order valence-corrected chi connectivity index (χ4v) is 5.57. The van der Waals surface area contributed by atoms with E-state index in [2.05, 4.69) is 6.58 Å². The molecule has 216 valence electrons. The van der Waals surface area contributed by atoms with Crippen LogP contribution in [0.3, 0.4) is 0 Å². The molecule has 9 atom stereocenters. The van der Waals surface area contributed by atoms with Crippen molar-refractivity contribution >= 4 is 23.7 Å². The number of epoxide rings is 1. The second-order valence-corrected chi connectivity index (χ2v) is 11.4. The van der Waals surface area contributed by atoms with Crippen molar-refractivity contribution in [2.45, 2.75) is 98.6 Å². The van der Waals surface area contributed by atoms with Gasteiger partial charge in [-0.25, -0.2) is 4.79 Å². The van der Waals surface area contributed by atoms with Crippen molar-refractivity contribution in [3.05, 3.63) is 35.5 Å². The van der Waals surface area contributed by atoms with E-state index >= 15 is 0 Å². The molecular weight excluding hydrogens is 500 g/mol. The molecule has 3 aliphatic rings. The Labute approximate surface area is 232 Å². The molecule has 0 bridgehead atoms. The molecule has 1 saturated heterocycles. The summed E-state index contributed by atoms with van der Waals surface area (Å²) in [6, 6.07) is 0. The molecule has 0 N–H and O–H groups in total. The molecular formula is C31H44O8. The zero-order valence-electron chi connectivity index (χ0n) is 24.6. The summed E-state index contributed by atoms with van der Waals surface area (Å²) in [5.74, 6) is -4.25. The maximum atomic E-state index is 13.7. The second-order valence-electron chi connectivity index (χ2n) is 11.4. The molecule has 0 unspecified atom stereocenters. The maximum absolute atomic E-state index is 13.7. The number of carbonyl (C=O) groups excluding carboxylic acids is 4. The van der Waals surface area contributed by atoms with Gasteiger partial charge < -0.3 is 18.9 Å². The highest BCUT2D eigenvalue weighted by atomic mass is 16.6. The highest BCUT2D eigenvalue weighted by molar-refractivity contribution is 6.04. The van der Waals surface area contributed by atoms with E-state index < -0.39 is 65.5 Å². The minimum Gasteiger partial charge on any atom is -0.454 e. The maximum Gasteiger partial charge on any atom is 0.331 e. The lowest BCUT2D eigenvalue weighted by Crippen LogP contribution is -2.56. The van der Waals surface area contributed by atoms with Gasteiger partial charge in [0.2, 0.25) is 0 Å². The van der Waals surface area contributed by atoms with E-state index in [9.17, 15) is 19.2 Å². The molecule has 0 radical (unpaired) electrons. The predicted molar refractivity (Wildman–Crippen MR) is 145 cm³/mol. The normalized spacial score (nSPS) is 34.8. The van der Waals surface area contributed by atoms with Gasteiger partial charge >= 0.3 is 17.9 Å². The van der Waals surface area contributed by atoms with Crippen molar-refractivity contribution < 1.29 is 38.1 Å². The molecule has 3 fully saturated rings. The van der Waals surface area contributed by atoms with Crippen molar-refractivity contribution in [1.29, 1.82) is 0 Å². The Morgan fingerprint density at radius 3 is 2.03 bits per heavy atom. The molecule has 1 aliphatic heterocycles. The summed E-state index contributed by atoms with van der Waals surface area (Å²) in [5, 5.41) is 0. The standard InChI is InChI=1S/C31H44O8/c1-10-16(5)14-21(32)37-28-24(31(9)15-36-31)23-20(13-4)25(33)27(39-30(35)18(7)12-3)22(23)19(8)26(28)38-29(34)17(6)11-2/h13-14,17-18,22-24,26-28H,8,10-12,15H2,1-7,9H3/b16-14-,20-13?/t17-,18-,22+,23-,24+,26+,27+,28-,31+/m0/s1. The molecule has 2 aliphatic carbocycles. The summed E-state index contributed by atoms with van der Waals surface area (Å²) >= 11 is 0. The van der Waals surface area contributed by atoms with Gasteiger partial charge in [-0.1, -0.05) is 52.8 Å². The molecule has 0 aromatic rings. The monoisotopic (exact) mass is 544 g/mol. The molecule has 0 aromatic carbocycles. The number of allylic oxidation sites excluding steroid dienone is 2. The highest BCUT2D eigenvalue weighted by Gasteiger charge is 2.67. The summed E-state index contributed by atoms with van der Waals surface area (Å²) in [7, 11) is 0. The van der Waals surface area contributed by atoms with Crippen LogP contribution in [0.25, 0.3) is 0 Å². The van der Waals surface area contributed by atoms with E-state index in [1.54, 1.807) is 26.8 Å². The fourth-order valence-electron chi connectivity index (χ4n) is 5.57. The zero-order valence-corrected chi connectivity index (χ0v) is 24.6. The van der Waals surface area contributed by atoms with Gasteiger partial charge in [0.15, 0.2) is 18.0 Å². The van der Waals surface area contributed by atoms with Crippen LogP contribution in [-0.4, -0.2) is 54.2 Å². The van der Waals surface area contributed by atoms with Gasteiger partial charge in [0.1, 0.15) is 6.10 Å². The molecule has 8 heteroatoms. The number of esters is 3. The van der Waals surface area contributed by atoms with E-state index in [0.29, 0.717) is 37.0 Å². The van der Waals surface area contributed by atoms with Crippen LogP contribution in [0.1, 0.15) is 74.7 Å². The van der Waals surface area contributed by atoms with Crippen molar-refractivity contribution in [2.75, 3.05) is 6.61 Å². The van der Waals surface area contributed by atoms with E-state index in [-0.39, 0.29) is 11.7 Å². The van der Waals surface area contributed by atoms with E-state index in [4.69, 9.17) is 18.9 Å². The first kappa shape index (κ1) is 30.8. The predicted octanol–water partition coefficient (Wildman–Crippen LogP) is 4.91. The van der Waals surface area contributed by atoms with Gasteiger partial charge in [0.05, 0.1) is 24.0 Å². The number of fused-ring (bicyclic) bond motifs is 1. The van der Waals surface area contributed by atoms with E-state index in [1.165, 1.54) is 6.08 Å². The lowest BCUT2D eigenvalue weighted by atomic mass is 9.63. The molecule has 39 heavy (non-hydrogen) atoms. The number of ether oxygens (including phenoxy) is 4.